The van der Waals surface area contributed by atoms with Gasteiger partial charge in [0.05, 0.1) is 4.92 Å². The molecule has 1 atom stereocenters. The van der Waals surface area contributed by atoms with Crippen molar-refractivity contribution in [2.75, 3.05) is 6.54 Å². The number of nitrogens with zero attached hydrogens (tertiary/aromatic N) is 3. The summed E-state index contributed by atoms with van der Waals surface area (Å²) >= 11 is 0. The van der Waals surface area contributed by atoms with Crippen LogP contribution in [0, 0.1) is 16.0 Å². The molecule has 0 amide bonds. The summed E-state index contributed by atoms with van der Waals surface area (Å²) in [4.78, 5) is 11.1. The lowest BCUT2D eigenvalue weighted by Gasteiger charge is -2.20. The van der Waals surface area contributed by atoms with Gasteiger partial charge in [0.15, 0.2) is 0 Å². The third-order valence-electron chi connectivity index (χ3n) is 3.60. The van der Waals surface area contributed by atoms with Crippen LogP contribution in [0.4, 0.5) is 5.69 Å². The van der Waals surface area contributed by atoms with Gasteiger partial charge in [0, 0.05) is 19.5 Å². The van der Waals surface area contributed by atoms with Crippen LogP contribution in [0.5, 0.6) is 0 Å². The molecule has 1 heterocycles. The van der Waals surface area contributed by atoms with Gasteiger partial charge in [-0.05, 0) is 31.7 Å². The zero-order chi connectivity index (χ0) is 16.0. The maximum Gasteiger partial charge on any atom is 0.313 e. The van der Waals surface area contributed by atoms with E-state index in [0.29, 0.717) is 24.5 Å². The first-order valence-corrected chi connectivity index (χ1v) is 7.83. The van der Waals surface area contributed by atoms with E-state index in [0.717, 1.165) is 25.1 Å². The Morgan fingerprint density at radius 3 is 2.52 bits per heavy atom. The molecule has 0 aliphatic rings. The van der Waals surface area contributed by atoms with Crippen LogP contribution in [0.15, 0.2) is 0 Å². The first-order valence-electron chi connectivity index (χ1n) is 7.83. The Hall–Kier alpha value is -1.43. The molecule has 1 N–H and O–H groups in total. The molecule has 0 saturated heterocycles. The van der Waals surface area contributed by atoms with Gasteiger partial charge in [-0.2, -0.15) is 5.10 Å². The predicted molar refractivity (Wildman–Crippen MR) is 84.5 cm³/mol. The second kappa shape index (κ2) is 8.12. The maximum atomic E-state index is 11.4. The minimum absolute atomic E-state index is 0.201. The van der Waals surface area contributed by atoms with Gasteiger partial charge < -0.3 is 5.32 Å². The fourth-order valence-corrected chi connectivity index (χ4v) is 2.68. The molecular weight excluding hydrogens is 268 g/mol. The topological polar surface area (TPSA) is 73.0 Å². The fourth-order valence-electron chi connectivity index (χ4n) is 2.68. The van der Waals surface area contributed by atoms with Crippen LogP contribution in [0.2, 0.25) is 0 Å². The fraction of sp³-hybridized carbons (Fsp3) is 0.800. The molecule has 6 heteroatoms. The third kappa shape index (κ3) is 4.81. The van der Waals surface area contributed by atoms with Crippen molar-refractivity contribution < 1.29 is 4.92 Å². The normalized spacial score (nSPS) is 12.9. The number of aryl methyl sites for hydroxylation is 2. The Bertz CT molecular complexity index is 468. The number of rotatable bonds is 9. The van der Waals surface area contributed by atoms with Crippen LogP contribution in [0.25, 0.3) is 0 Å². The summed E-state index contributed by atoms with van der Waals surface area (Å²) in [5, 5.41) is 19.2. The Balaban J connectivity index is 3.01. The molecule has 1 aromatic heterocycles. The summed E-state index contributed by atoms with van der Waals surface area (Å²) < 4.78 is 1.68. The van der Waals surface area contributed by atoms with Crippen LogP contribution in [0.1, 0.15) is 51.9 Å². The summed E-state index contributed by atoms with van der Waals surface area (Å²) in [5.41, 5.74) is 1.51. The number of nitro groups is 1. The van der Waals surface area contributed by atoms with Crippen LogP contribution in [-0.2, 0) is 19.9 Å². The SMILES string of the molecule is CCCNC(Cc1c([N+](=O)[O-])c(CC)nn1C)CC(C)C. The minimum Gasteiger partial charge on any atom is -0.314 e. The van der Waals surface area contributed by atoms with Gasteiger partial charge in [0.2, 0.25) is 0 Å². The Kier molecular flexibility index (Phi) is 6.81. The van der Waals surface area contributed by atoms with Crippen molar-refractivity contribution in [3.8, 4) is 0 Å². The van der Waals surface area contributed by atoms with Gasteiger partial charge >= 0.3 is 5.69 Å². The number of hydrogen-bond acceptors (Lipinski definition) is 4. The van der Waals surface area contributed by atoms with Crippen molar-refractivity contribution >= 4 is 5.69 Å². The second-order valence-electron chi connectivity index (χ2n) is 5.96. The average molecular weight is 296 g/mol. The highest BCUT2D eigenvalue weighted by atomic mass is 16.6. The molecule has 6 nitrogen and oxygen atoms in total. The molecule has 0 saturated carbocycles. The van der Waals surface area contributed by atoms with Crippen LogP contribution < -0.4 is 5.32 Å². The standard InChI is InChI=1S/C15H28N4O2/c1-6-8-16-12(9-11(3)4)10-14-15(19(20)21)13(7-2)17-18(14)5/h11-12,16H,6-10H2,1-5H3. The molecule has 1 aromatic rings. The highest BCUT2D eigenvalue weighted by Gasteiger charge is 2.27. The smallest absolute Gasteiger partial charge is 0.313 e. The quantitative estimate of drug-likeness (QED) is 0.562. The molecule has 0 aliphatic carbocycles. The first kappa shape index (κ1) is 17.6. The van der Waals surface area contributed by atoms with E-state index < -0.39 is 0 Å². The molecule has 21 heavy (non-hydrogen) atoms. The van der Waals surface area contributed by atoms with E-state index in [1.807, 2.05) is 6.92 Å². The van der Waals surface area contributed by atoms with Gasteiger partial charge in [-0.1, -0.05) is 27.7 Å². The number of aromatic nitrogens is 2. The summed E-state index contributed by atoms with van der Waals surface area (Å²) in [6, 6.07) is 0.253. The lowest BCUT2D eigenvalue weighted by atomic mass is 9.98. The molecular formula is C15H28N4O2. The molecule has 0 radical (unpaired) electrons. The van der Waals surface area contributed by atoms with E-state index >= 15 is 0 Å². The highest BCUT2D eigenvalue weighted by molar-refractivity contribution is 5.41. The monoisotopic (exact) mass is 296 g/mol. The van der Waals surface area contributed by atoms with Crippen LogP contribution >= 0.6 is 0 Å². The molecule has 0 aliphatic heterocycles. The van der Waals surface area contributed by atoms with E-state index in [4.69, 9.17) is 0 Å². The zero-order valence-electron chi connectivity index (χ0n) is 13.8. The van der Waals surface area contributed by atoms with Gasteiger partial charge in [0.25, 0.3) is 0 Å². The molecule has 0 aromatic carbocycles. The lowest BCUT2D eigenvalue weighted by molar-refractivity contribution is -0.386. The molecule has 0 spiro atoms. The van der Waals surface area contributed by atoms with E-state index in [1.54, 1.807) is 11.7 Å². The van der Waals surface area contributed by atoms with E-state index in [-0.39, 0.29) is 16.7 Å². The maximum absolute atomic E-state index is 11.4. The largest absolute Gasteiger partial charge is 0.314 e. The minimum atomic E-state index is -0.284. The van der Waals surface area contributed by atoms with Crippen molar-refractivity contribution in [1.29, 1.82) is 0 Å². The third-order valence-corrected chi connectivity index (χ3v) is 3.60. The number of hydrogen-bond donors (Lipinski definition) is 1. The predicted octanol–water partition coefficient (Wildman–Crippen LogP) is 2.85. The zero-order valence-corrected chi connectivity index (χ0v) is 13.8. The average Bonchev–Trinajstić information content (AvgIpc) is 2.72. The molecule has 0 fully saturated rings. The first-order chi connectivity index (χ1) is 9.90. The lowest BCUT2D eigenvalue weighted by Crippen LogP contribution is -2.33. The van der Waals surface area contributed by atoms with Crippen molar-refractivity contribution in [2.45, 2.75) is 59.4 Å². The number of nitrogens with one attached hydrogen (secondary N) is 1. The molecule has 1 rings (SSSR count). The van der Waals surface area contributed by atoms with Crippen LogP contribution in [-0.4, -0.2) is 27.3 Å². The Morgan fingerprint density at radius 1 is 1.38 bits per heavy atom. The van der Waals surface area contributed by atoms with Gasteiger partial charge in [-0.15, -0.1) is 0 Å². The second-order valence-corrected chi connectivity index (χ2v) is 5.96. The summed E-state index contributed by atoms with van der Waals surface area (Å²) in [7, 11) is 1.80. The highest BCUT2D eigenvalue weighted by Crippen LogP contribution is 2.25. The van der Waals surface area contributed by atoms with Crippen LogP contribution in [0.3, 0.4) is 0 Å². The Morgan fingerprint density at radius 2 is 2.05 bits per heavy atom. The Labute approximate surface area is 127 Å². The molecule has 1 unspecified atom stereocenters. The van der Waals surface area contributed by atoms with E-state index in [9.17, 15) is 10.1 Å². The van der Waals surface area contributed by atoms with Gasteiger partial charge in [-0.3, -0.25) is 14.8 Å². The van der Waals surface area contributed by atoms with Crippen molar-refractivity contribution in [1.82, 2.24) is 15.1 Å². The van der Waals surface area contributed by atoms with E-state index in [2.05, 4.69) is 31.2 Å². The molecule has 0 bridgehead atoms. The summed E-state index contributed by atoms with van der Waals surface area (Å²) in [5.74, 6) is 0.553. The van der Waals surface area contributed by atoms with Crippen molar-refractivity contribution in [3.63, 3.8) is 0 Å². The van der Waals surface area contributed by atoms with E-state index in [1.165, 1.54) is 0 Å². The van der Waals surface area contributed by atoms with Crippen molar-refractivity contribution in [3.05, 3.63) is 21.5 Å². The molecule has 120 valence electrons. The summed E-state index contributed by atoms with van der Waals surface area (Å²) in [6.45, 7) is 9.32. The summed E-state index contributed by atoms with van der Waals surface area (Å²) in [6.07, 6.45) is 3.30. The van der Waals surface area contributed by atoms with Gasteiger partial charge in [-0.25, -0.2) is 0 Å². The van der Waals surface area contributed by atoms with Crippen molar-refractivity contribution in [2.24, 2.45) is 13.0 Å². The van der Waals surface area contributed by atoms with Gasteiger partial charge in [0.1, 0.15) is 11.4 Å².